The fraction of sp³-hybridized carbons (Fsp3) is 0.238. The molecule has 0 aliphatic carbocycles. The lowest BCUT2D eigenvalue weighted by molar-refractivity contribution is -0.122. The number of thioether (sulfide) groups is 1. The largest absolute Gasteiger partial charge is 0.435 e. The summed E-state index contributed by atoms with van der Waals surface area (Å²) < 4.78 is 34.0. The first-order valence-electron chi connectivity index (χ1n) is 8.87. The Balaban J connectivity index is 1.85. The van der Waals surface area contributed by atoms with E-state index in [-0.39, 0.29) is 11.7 Å². The molecule has 1 aliphatic rings. The second kappa shape index (κ2) is 9.67. The third-order valence-electron chi connectivity index (χ3n) is 4.07. The number of alkyl halides is 2. The number of benzene rings is 2. The van der Waals surface area contributed by atoms with Crippen LogP contribution in [0.2, 0.25) is 0 Å². The Morgan fingerprint density at radius 3 is 2.45 bits per heavy atom. The standard InChI is InChI=1S/C21H20F2N2O3S/c1-14-3-7-16(8-4-14)24-21-25(11-12-27-2)19(26)18(29-21)13-15-5-9-17(10-6-15)28-20(22)23/h3-10,13,20H,11-12H2,1-2H3/b18-13-,24-21?. The Labute approximate surface area is 172 Å². The van der Waals surface area contributed by atoms with Crippen molar-refractivity contribution in [3.63, 3.8) is 0 Å². The molecule has 3 rings (SSSR count). The molecule has 2 aromatic carbocycles. The van der Waals surface area contributed by atoms with E-state index in [4.69, 9.17) is 4.74 Å². The van der Waals surface area contributed by atoms with Crippen LogP contribution in [0.25, 0.3) is 6.08 Å². The molecule has 1 fully saturated rings. The highest BCUT2D eigenvalue weighted by atomic mass is 32.2. The van der Waals surface area contributed by atoms with Gasteiger partial charge in [-0.15, -0.1) is 0 Å². The minimum Gasteiger partial charge on any atom is -0.435 e. The molecular weight excluding hydrogens is 398 g/mol. The number of halogens is 2. The lowest BCUT2D eigenvalue weighted by atomic mass is 10.2. The normalized spacial score (nSPS) is 17.0. The molecule has 152 valence electrons. The number of nitrogens with zero attached hydrogens (tertiary/aromatic N) is 2. The number of carbonyl (C=O) groups is 1. The van der Waals surface area contributed by atoms with E-state index < -0.39 is 6.61 Å². The van der Waals surface area contributed by atoms with E-state index in [2.05, 4.69) is 9.73 Å². The molecule has 0 N–H and O–H groups in total. The maximum atomic E-state index is 12.9. The van der Waals surface area contributed by atoms with Gasteiger partial charge in [0.2, 0.25) is 0 Å². The fourth-order valence-electron chi connectivity index (χ4n) is 2.60. The van der Waals surface area contributed by atoms with E-state index in [1.165, 1.54) is 23.9 Å². The quantitative estimate of drug-likeness (QED) is 0.604. The van der Waals surface area contributed by atoms with Gasteiger partial charge in [0.05, 0.1) is 23.7 Å². The number of aliphatic imine (C=N–C) groups is 1. The van der Waals surface area contributed by atoms with Crippen LogP contribution in [0.3, 0.4) is 0 Å². The summed E-state index contributed by atoms with van der Waals surface area (Å²) in [5.74, 6) is -0.110. The first kappa shape index (κ1) is 21.0. The second-order valence-electron chi connectivity index (χ2n) is 6.24. The van der Waals surface area contributed by atoms with Gasteiger partial charge in [-0.05, 0) is 54.6 Å². The molecule has 0 bridgehead atoms. The molecule has 0 saturated carbocycles. The van der Waals surface area contributed by atoms with E-state index in [1.54, 1.807) is 30.2 Å². The smallest absolute Gasteiger partial charge is 0.387 e. The Morgan fingerprint density at radius 1 is 1.14 bits per heavy atom. The van der Waals surface area contributed by atoms with Gasteiger partial charge in [-0.1, -0.05) is 29.8 Å². The van der Waals surface area contributed by atoms with Crippen molar-refractivity contribution in [2.45, 2.75) is 13.5 Å². The predicted molar refractivity (Wildman–Crippen MR) is 111 cm³/mol. The summed E-state index contributed by atoms with van der Waals surface area (Å²) in [5.41, 5.74) is 2.58. The zero-order valence-electron chi connectivity index (χ0n) is 16.0. The lowest BCUT2D eigenvalue weighted by Crippen LogP contribution is -2.32. The van der Waals surface area contributed by atoms with Crippen molar-refractivity contribution in [1.82, 2.24) is 4.90 Å². The molecule has 29 heavy (non-hydrogen) atoms. The van der Waals surface area contributed by atoms with Crippen molar-refractivity contribution in [3.8, 4) is 5.75 Å². The van der Waals surface area contributed by atoms with Crippen LogP contribution >= 0.6 is 11.8 Å². The van der Waals surface area contributed by atoms with E-state index >= 15 is 0 Å². The highest BCUT2D eigenvalue weighted by Gasteiger charge is 2.33. The number of amides is 1. The van der Waals surface area contributed by atoms with Gasteiger partial charge in [-0.2, -0.15) is 8.78 Å². The fourth-order valence-corrected chi connectivity index (χ4v) is 3.62. The molecule has 0 spiro atoms. The van der Waals surface area contributed by atoms with Crippen LogP contribution < -0.4 is 4.74 Å². The van der Waals surface area contributed by atoms with Crippen molar-refractivity contribution in [1.29, 1.82) is 0 Å². The number of methoxy groups -OCH3 is 1. The summed E-state index contributed by atoms with van der Waals surface area (Å²) in [6.07, 6.45) is 1.70. The highest BCUT2D eigenvalue weighted by molar-refractivity contribution is 8.18. The second-order valence-corrected chi connectivity index (χ2v) is 7.25. The van der Waals surface area contributed by atoms with Gasteiger partial charge < -0.3 is 9.47 Å². The first-order valence-corrected chi connectivity index (χ1v) is 9.68. The lowest BCUT2D eigenvalue weighted by Gasteiger charge is -2.14. The molecule has 5 nitrogen and oxygen atoms in total. The third kappa shape index (κ3) is 5.65. The average Bonchev–Trinajstić information content (AvgIpc) is 2.97. The molecule has 1 saturated heterocycles. The molecule has 1 amide bonds. The molecule has 2 aromatic rings. The summed E-state index contributed by atoms with van der Waals surface area (Å²) in [6, 6.07) is 13.8. The van der Waals surface area contributed by atoms with E-state index in [0.29, 0.717) is 28.8 Å². The van der Waals surface area contributed by atoms with Crippen molar-refractivity contribution in [3.05, 3.63) is 64.6 Å². The number of carbonyl (C=O) groups excluding carboxylic acids is 1. The molecule has 0 aromatic heterocycles. The average molecular weight is 418 g/mol. The Bertz CT molecular complexity index is 913. The monoisotopic (exact) mass is 418 g/mol. The number of hydrogen-bond acceptors (Lipinski definition) is 5. The number of ether oxygens (including phenoxy) is 2. The van der Waals surface area contributed by atoms with Crippen LogP contribution in [0.15, 0.2) is 58.4 Å². The number of hydrogen-bond donors (Lipinski definition) is 0. The van der Waals surface area contributed by atoms with Crippen LogP contribution in [-0.4, -0.2) is 42.8 Å². The molecule has 0 unspecified atom stereocenters. The third-order valence-corrected chi connectivity index (χ3v) is 5.08. The number of amidine groups is 1. The van der Waals surface area contributed by atoms with Crippen molar-refractivity contribution in [2.24, 2.45) is 4.99 Å². The van der Waals surface area contributed by atoms with Crippen LogP contribution in [0.1, 0.15) is 11.1 Å². The Hall–Kier alpha value is -2.71. The topological polar surface area (TPSA) is 51.1 Å². The maximum absolute atomic E-state index is 12.9. The number of aryl methyl sites for hydroxylation is 1. The Kier molecular flexibility index (Phi) is 7.00. The van der Waals surface area contributed by atoms with E-state index in [1.807, 2.05) is 31.2 Å². The summed E-state index contributed by atoms with van der Waals surface area (Å²) in [5, 5.41) is 0.569. The molecule has 1 aliphatic heterocycles. The van der Waals surface area contributed by atoms with Crippen LogP contribution in [-0.2, 0) is 9.53 Å². The predicted octanol–water partition coefficient (Wildman–Crippen LogP) is 4.85. The minimum atomic E-state index is -2.87. The molecule has 0 radical (unpaired) electrons. The van der Waals surface area contributed by atoms with Crippen molar-refractivity contribution < 1.29 is 23.0 Å². The molecular formula is C21H20F2N2O3S. The van der Waals surface area contributed by atoms with E-state index in [9.17, 15) is 13.6 Å². The van der Waals surface area contributed by atoms with Gasteiger partial charge in [-0.3, -0.25) is 9.69 Å². The van der Waals surface area contributed by atoms with E-state index in [0.717, 1.165) is 11.3 Å². The van der Waals surface area contributed by atoms with Gasteiger partial charge in [0.25, 0.3) is 5.91 Å². The van der Waals surface area contributed by atoms with Crippen LogP contribution in [0.5, 0.6) is 5.75 Å². The maximum Gasteiger partial charge on any atom is 0.387 e. The highest BCUT2D eigenvalue weighted by Crippen LogP contribution is 2.34. The van der Waals surface area contributed by atoms with Crippen LogP contribution in [0, 0.1) is 6.92 Å². The first-order chi connectivity index (χ1) is 14.0. The summed E-state index contributed by atoms with van der Waals surface area (Å²) in [4.78, 5) is 19.5. The summed E-state index contributed by atoms with van der Waals surface area (Å²) in [7, 11) is 1.57. The SMILES string of the molecule is COCCN1C(=O)/C(=C/c2ccc(OC(F)F)cc2)SC1=Nc1ccc(C)cc1. The molecule has 1 heterocycles. The van der Waals surface area contributed by atoms with Gasteiger partial charge in [0.1, 0.15) is 5.75 Å². The number of rotatable bonds is 7. The van der Waals surface area contributed by atoms with Gasteiger partial charge in [-0.25, -0.2) is 4.99 Å². The molecule has 0 atom stereocenters. The zero-order chi connectivity index (χ0) is 20.8. The van der Waals surface area contributed by atoms with Crippen molar-refractivity contribution in [2.75, 3.05) is 20.3 Å². The minimum absolute atomic E-state index is 0.0656. The zero-order valence-corrected chi connectivity index (χ0v) is 16.8. The summed E-state index contributed by atoms with van der Waals surface area (Å²) in [6.45, 7) is -0.118. The summed E-state index contributed by atoms with van der Waals surface area (Å²) >= 11 is 1.27. The van der Waals surface area contributed by atoms with Crippen molar-refractivity contribution >= 4 is 34.6 Å². The van der Waals surface area contributed by atoms with Gasteiger partial charge >= 0.3 is 6.61 Å². The van der Waals surface area contributed by atoms with Crippen LogP contribution in [0.4, 0.5) is 14.5 Å². The van der Waals surface area contributed by atoms with Gasteiger partial charge in [0.15, 0.2) is 5.17 Å². The van der Waals surface area contributed by atoms with Gasteiger partial charge in [0, 0.05) is 7.11 Å². The molecule has 8 heteroatoms. The Morgan fingerprint density at radius 2 is 1.83 bits per heavy atom.